The largest absolute Gasteiger partial charge is 0.459 e. The van der Waals surface area contributed by atoms with Crippen molar-refractivity contribution in [1.29, 1.82) is 0 Å². The molecular formula is C22H26ClFN6O3. The van der Waals surface area contributed by atoms with Crippen molar-refractivity contribution in [3.63, 3.8) is 0 Å². The second kappa shape index (κ2) is 10.4. The number of nitrogens with zero attached hydrogens (tertiary/aromatic N) is 6. The van der Waals surface area contributed by atoms with E-state index in [4.69, 9.17) is 9.15 Å². The zero-order valence-electron chi connectivity index (χ0n) is 18.0. The smallest absolute Gasteiger partial charge is 0.289 e. The van der Waals surface area contributed by atoms with Crippen LogP contribution >= 0.6 is 12.4 Å². The highest BCUT2D eigenvalue weighted by atomic mass is 35.5. The summed E-state index contributed by atoms with van der Waals surface area (Å²) in [6, 6.07) is 9.61. The molecule has 2 saturated heterocycles. The van der Waals surface area contributed by atoms with E-state index in [0.717, 1.165) is 19.4 Å². The quantitative estimate of drug-likeness (QED) is 0.540. The molecule has 33 heavy (non-hydrogen) atoms. The number of hydrogen-bond acceptors (Lipinski definition) is 7. The van der Waals surface area contributed by atoms with Crippen molar-refractivity contribution in [1.82, 2.24) is 30.0 Å². The van der Waals surface area contributed by atoms with Crippen molar-refractivity contribution in [3.05, 3.63) is 65.6 Å². The Labute approximate surface area is 196 Å². The molecule has 0 spiro atoms. The third kappa shape index (κ3) is 4.92. The monoisotopic (exact) mass is 476 g/mol. The molecule has 4 heterocycles. The van der Waals surface area contributed by atoms with Gasteiger partial charge in [0, 0.05) is 38.3 Å². The minimum Gasteiger partial charge on any atom is -0.459 e. The molecule has 5 rings (SSSR count). The summed E-state index contributed by atoms with van der Waals surface area (Å²) in [7, 11) is 0. The zero-order chi connectivity index (χ0) is 21.9. The molecule has 0 N–H and O–H groups in total. The Kier molecular flexibility index (Phi) is 7.36. The van der Waals surface area contributed by atoms with Crippen molar-refractivity contribution >= 4 is 18.3 Å². The van der Waals surface area contributed by atoms with Crippen LogP contribution < -0.4 is 0 Å². The van der Waals surface area contributed by atoms with Crippen LogP contribution in [-0.2, 0) is 11.3 Å². The molecule has 1 aromatic carbocycles. The number of hydrogen-bond donors (Lipinski definition) is 0. The Morgan fingerprint density at radius 1 is 1.15 bits per heavy atom. The van der Waals surface area contributed by atoms with E-state index in [9.17, 15) is 9.18 Å². The molecule has 2 fully saturated rings. The first-order valence-electron chi connectivity index (χ1n) is 10.9. The minimum atomic E-state index is -0.464. The number of benzene rings is 1. The summed E-state index contributed by atoms with van der Waals surface area (Å²) in [5.74, 6) is 0.458. The van der Waals surface area contributed by atoms with Crippen LogP contribution in [0, 0.1) is 5.82 Å². The number of carbonyl (C=O) groups excluding carboxylic acids is 1. The molecule has 2 aromatic heterocycles. The van der Waals surface area contributed by atoms with E-state index in [-0.39, 0.29) is 30.2 Å². The maximum atomic E-state index is 14.9. The van der Waals surface area contributed by atoms with Gasteiger partial charge in [-0.1, -0.05) is 18.2 Å². The van der Waals surface area contributed by atoms with Crippen LogP contribution in [0.3, 0.4) is 0 Å². The molecule has 11 heteroatoms. The average molecular weight is 477 g/mol. The Balaban J connectivity index is 0.00000259. The SMILES string of the molecule is Cl.O=C(c1ccco1)N1CCN(C(c2ccccc2F)c2nnnn2CC2CCCO2)CC1. The third-order valence-electron chi connectivity index (χ3n) is 6.10. The molecule has 2 aliphatic rings. The number of carbonyl (C=O) groups is 1. The van der Waals surface area contributed by atoms with E-state index in [0.29, 0.717) is 49.9 Å². The molecule has 0 bridgehead atoms. The number of halogens is 2. The fraction of sp³-hybridized carbons (Fsp3) is 0.455. The maximum Gasteiger partial charge on any atom is 0.289 e. The Morgan fingerprint density at radius 2 is 1.97 bits per heavy atom. The fourth-order valence-corrected chi connectivity index (χ4v) is 4.45. The van der Waals surface area contributed by atoms with Crippen LogP contribution in [0.1, 0.15) is 40.8 Å². The van der Waals surface area contributed by atoms with Gasteiger partial charge < -0.3 is 14.1 Å². The van der Waals surface area contributed by atoms with Gasteiger partial charge >= 0.3 is 0 Å². The van der Waals surface area contributed by atoms with E-state index in [2.05, 4.69) is 20.4 Å². The number of piperazine rings is 1. The highest BCUT2D eigenvalue weighted by molar-refractivity contribution is 5.91. The first-order chi connectivity index (χ1) is 15.7. The van der Waals surface area contributed by atoms with Gasteiger partial charge in [0.1, 0.15) is 11.9 Å². The van der Waals surface area contributed by atoms with Crippen molar-refractivity contribution in [2.24, 2.45) is 0 Å². The number of tetrazole rings is 1. The normalized spacial score (nSPS) is 19.9. The van der Waals surface area contributed by atoms with Crippen molar-refractivity contribution < 1.29 is 18.3 Å². The maximum absolute atomic E-state index is 14.9. The summed E-state index contributed by atoms with van der Waals surface area (Å²) in [4.78, 5) is 16.5. The Morgan fingerprint density at radius 3 is 2.67 bits per heavy atom. The van der Waals surface area contributed by atoms with Crippen LogP contribution in [0.15, 0.2) is 47.1 Å². The summed E-state index contributed by atoms with van der Waals surface area (Å²) in [5, 5.41) is 12.4. The zero-order valence-corrected chi connectivity index (χ0v) is 18.9. The molecule has 2 unspecified atom stereocenters. The average Bonchev–Trinajstić information content (AvgIpc) is 3.60. The lowest BCUT2D eigenvalue weighted by Crippen LogP contribution is -2.50. The topological polar surface area (TPSA) is 89.5 Å². The number of aromatic nitrogens is 4. The van der Waals surface area contributed by atoms with Gasteiger partial charge in [0.15, 0.2) is 11.6 Å². The third-order valence-corrected chi connectivity index (χ3v) is 6.10. The number of ether oxygens (including phenoxy) is 1. The van der Waals surface area contributed by atoms with Gasteiger partial charge in [0.25, 0.3) is 5.91 Å². The Hall–Kier alpha value is -2.82. The standard InChI is InChI=1S/C22H25FN6O3.ClH/c23-18-7-2-1-6-17(18)20(21-24-25-26-29(21)15-16-5-3-13-31-16)27-9-11-28(12-10-27)22(30)19-8-4-14-32-19;/h1-2,4,6-8,14,16,20H,3,5,9-13,15H2;1H. The Bertz CT molecular complexity index is 1050. The molecule has 2 aliphatic heterocycles. The molecular weight excluding hydrogens is 451 g/mol. The van der Waals surface area contributed by atoms with Gasteiger partial charge in [-0.05, 0) is 41.5 Å². The summed E-state index contributed by atoms with van der Waals surface area (Å²) in [6.45, 7) is 3.38. The first kappa shape index (κ1) is 23.3. The van der Waals surface area contributed by atoms with Crippen molar-refractivity contribution in [2.45, 2.75) is 31.5 Å². The van der Waals surface area contributed by atoms with Crippen molar-refractivity contribution in [3.8, 4) is 0 Å². The first-order valence-corrected chi connectivity index (χ1v) is 10.9. The number of amides is 1. The van der Waals surface area contributed by atoms with Gasteiger partial charge in [-0.15, -0.1) is 17.5 Å². The number of rotatable bonds is 6. The lowest BCUT2D eigenvalue weighted by atomic mass is 10.0. The minimum absolute atomic E-state index is 0. The molecule has 0 saturated carbocycles. The van der Waals surface area contributed by atoms with Crippen LogP contribution in [0.2, 0.25) is 0 Å². The van der Waals surface area contributed by atoms with Crippen LogP contribution in [0.4, 0.5) is 4.39 Å². The lowest BCUT2D eigenvalue weighted by molar-refractivity contribution is 0.0548. The molecule has 1 amide bonds. The molecule has 176 valence electrons. The summed E-state index contributed by atoms with van der Waals surface area (Å²) in [6.07, 6.45) is 3.52. The van der Waals surface area contributed by atoms with Crippen molar-refractivity contribution in [2.75, 3.05) is 32.8 Å². The van der Waals surface area contributed by atoms with Gasteiger partial charge in [0.05, 0.1) is 18.9 Å². The molecule has 0 aliphatic carbocycles. The van der Waals surface area contributed by atoms with E-state index < -0.39 is 6.04 Å². The van der Waals surface area contributed by atoms with E-state index in [1.807, 2.05) is 6.07 Å². The number of furan rings is 1. The molecule has 0 radical (unpaired) electrons. The highest BCUT2D eigenvalue weighted by Crippen LogP contribution is 2.30. The summed E-state index contributed by atoms with van der Waals surface area (Å²) >= 11 is 0. The van der Waals surface area contributed by atoms with Crippen LogP contribution in [0.25, 0.3) is 0 Å². The van der Waals surface area contributed by atoms with E-state index in [1.165, 1.54) is 12.3 Å². The lowest BCUT2D eigenvalue weighted by Gasteiger charge is -2.38. The predicted octanol–water partition coefficient (Wildman–Crippen LogP) is 2.55. The van der Waals surface area contributed by atoms with Gasteiger partial charge in [0.2, 0.25) is 0 Å². The molecule has 3 aromatic rings. The fourth-order valence-electron chi connectivity index (χ4n) is 4.45. The second-order valence-electron chi connectivity index (χ2n) is 8.08. The van der Waals surface area contributed by atoms with Gasteiger partial charge in [-0.3, -0.25) is 9.69 Å². The molecule has 2 atom stereocenters. The highest BCUT2D eigenvalue weighted by Gasteiger charge is 2.34. The summed E-state index contributed by atoms with van der Waals surface area (Å²) in [5.41, 5.74) is 0.515. The van der Waals surface area contributed by atoms with E-state index >= 15 is 0 Å². The predicted molar refractivity (Wildman–Crippen MR) is 118 cm³/mol. The summed E-state index contributed by atoms with van der Waals surface area (Å²) < 4.78 is 27.6. The van der Waals surface area contributed by atoms with Gasteiger partial charge in [-0.25, -0.2) is 9.07 Å². The van der Waals surface area contributed by atoms with E-state index in [1.54, 1.807) is 33.8 Å². The van der Waals surface area contributed by atoms with Crippen LogP contribution in [-0.4, -0.2) is 74.8 Å². The van der Waals surface area contributed by atoms with Crippen LogP contribution in [0.5, 0.6) is 0 Å². The molecule has 9 nitrogen and oxygen atoms in total. The second-order valence-corrected chi connectivity index (χ2v) is 8.08. The van der Waals surface area contributed by atoms with Gasteiger partial charge in [-0.2, -0.15) is 0 Å².